The fraction of sp³-hybridized carbons (Fsp3) is 0.500. The molecular weight excluding hydrogens is 228 g/mol. The van der Waals surface area contributed by atoms with Crippen molar-refractivity contribution in [3.8, 4) is 5.75 Å². The van der Waals surface area contributed by atoms with E-state index in [0.29, 0.717) is 0 Å². The lowest BCUT2D eigenvalue weighted by molar-refractivity contribution is -0.118. The summed E-state index contributed by atoms with van der Waals surface area (Å²) in [5, 5.41) is 2.86. The fourth-order valence-corrected chi connectivity index (χ4v) is 1.63. The Bertz CT molecular complexity index is 418. The van der Waals surface area contributed by atoms with Crippen LogP contribution in [0.3, 0.4) is 0 Å². The maximum absolute atomic E-state index is 12.0. The molecule has 0 aliphatic rings. The maximum Gasteiger partial charge on any atom is 0.241 e. The number of ether oxygens (including phenoxy) is 1. The molecule has 1 amide bonds. The maximum atomic E-state index is 12.0. The van der Waals surface area contributed by atoms with Crippen molar-refractivity contribution in [1.29, 1.82) is 0 Å². The van der Waals surface area contributed by atoms with Crippen LogP contribution in [0.15, 0.2) is 18.2 Å². The summed E-state index contributed by atoms with van der Waals surface area (Å²) in [5.41, 5.74) is 7.62. The largest absolute Gasteiger partial charge is 0.497 e. The number of hydrogen-bond donors (Lipinski definition) is 2. The van der Waals surface area contributed by atoms with Crippen LogP contribution >= 0.6 is 0 Å². The van der Waals surface area contributed by atoms with Crippen molar-refractivity contribution >= 4 is 11.6 Å². The normalized spacial score (nSPS) is 13.8. The van der Waals surface area contributed by atoms with Gasteiger partial charge in [-0.05, 0) is 36.6 Å². The third-order valence-corrected chi connectivity index (χ3v) is 3.25. The summed E-state index contributed by atoms with van der Waals surface area (Å²) in [4.78, 5) is 12.0. The summed E-state index contributed by atoms with van der Waals surface area (Å²) in [5.74, 6) is 0.804. The summed E-state index contributed by atoms with van der Waals surface area (Å²) in [6.45, 7) is 5.93. The van der Waals surface area contributed by atoms with E-state index in [1.165, 1.54) is 0 Å². The number of anilines is 1. The summed E-state index contributed by atoms with van der Waals surface area (Å²) >= 11 is 0. The molecule has 2 atom stereocenters. The average Bonchev–Trinajstić information content (AvgIpc) is 2.38. The molecule has 100 valence electrons. The predicted molar refractivity (Wildman–Crippen MR) is 73.8 cm³/mol. The molecule has 3 N–H and O–H groups in total. The molecule has 0 aliphatic heterocycles. The Balaban J connectivity index is 2.76. The van der Waals surface area contributed by atoms with Crippen molar-refractivity contribution in [1.82, 2.24) is 0 Å². The zero-order valence-electron chi connectivity index (χ0n) is 11.5. The number of rotatable bonds is 5. The number of nitrogens with two attached hydrogens (primary N) is 1. The van der Waals surface area contributed by atoms with Gasteiger partial charge in [0.05, 0.1) is 13.2 Å². The van der Waals surface area contributed by atoms with Gasteiger partial charge in [0.1, 0.15) is 5.75 Å². The van der Waals surface area contributed by atoms with Crippen molar-refractivity contribution in [3.63, 3.8) is 0 Å². The van der Waals surface area contributed by atoms with E-state index in [2.05, 4.69) is 5.32 Å². The Morgan fingerprint density at radius 2 is 2.17 bits per heavy atom. The quantitative estimate of drug-likeness (QED) is 0.843. The first-order chi connectivity index (χ1) is 8.49. The number of hydrogen-bond acceptors (Lipinski definition) is 3. The lowest BCUT2D eigenvalue weighted by atomic mass is 9.99. The van der Waals surface area contributed by atoms with Crippen molar-refractivity contribution in [2.75, 3.05) is 12.4 Å². The first-order valence-electron chi connectivity index (χ1n) is 6.20. The van der Waals surface area contributed by atoms with Crippen LogP contribution in [0.25, 0.3) is 0 Å². The molecule has 18 heavy (non-hydrogen) atoms. The Morgan fingerprint density at radius 3 is 2.67 bits per heavy atom. The van der Waals surface area contributed by atoms with Crippen molar-refractivity contribution < 1.29 is 9.53 Å². The number of aryl methyl sites for hydroxylation is 1. The van der Waals surface area contributed by atoms with Crippen LogP contribution in [-0.2, 0) is 4.79 Å². The van der Waals surface area contributed by atoms with Gasteiger partial charge in [-0.15, -0.1) is 0 Å². The second-order valence-corrected chi connectivity index (χ2v) is 4.58. The zero-order chi connectivity index (χ0) is 13.7. The highest BCUT2D eigenvalue weighted by atomic mass is 16.5. The molecule has 0 fully saturated rings. The minimum atomic E-state index is -0.475. The molecule has 0 aliphatic carbocycles. The van der Waals surface area contributed by atoms with Crippen LogP contribution in [0, 0.1) is 12.8 Å². The third-order valence-electron chi connectivity index (χ3n) is 3.25. The van der Waals surface area contributed by atoms with Crippen molar-refractivity contribution in [3.05, 3.63) is 23.8 Å². The van der Waals surface area contributed by atoms with Gasteiger partial charge in [-0.25, -0.2) is 0 Å². The number of carbonyl (C=O) groups excluding carboxylic acids is 1. The molecule has 1 rings (SSSR count). The lowest BCUT2D eigenvalue weighted by Gasteiger charge is -2.18. The summed E-state index contributed by atoms with van der Waals surface area (Å²) < 4.78 is 5.12. The number of benzene rings is 1. The summed E-state index contributed by atoms with van der Waals surface area (Å²) in [7, 11) is 1.62. The van der Waals surface area contributed by atoms with Gasteiger partial charge in [0.15, 0.2) is 0 Å². The molecule has 0 bridgehead atoms. The summed E-state index contributed by atoms with van der Waals surface area (Å²) in [6.07, 6.45) is 0.885. The predicted octanol–water partition coefficient (Wildman–Crippen LogP) is 2.32. The number of amides is 1. The van der Waals surface area contributed by atoms with Gasteiger partial charge in [-0.1, -0.05) is 20.3 Å². The molecule has 0 aromatic heterocycles. The molecule has 4 nitrogen and oxygen atoms in total. The van der Waals surface area contributed by atoms with E-state index in [1.54, 1.807) is 7.11 Å². The molecule has 4 heteroatoms. The highest BCUT2D eigenvalue weighted by Gasteiger charge is 2.19. The van der Waals surface area contributed by atoms with Crippen LogP contribution in [0.4, 0.5) is 5.69 Å². The lowest BCUT2D eigenvalue weighted by Crippen LogP contribution is -2.40. The van der Waals surface area contributed by atoms with Crippen LogP contribution in [-0.4, -0.2) is 19.1 Å². The van der Waals surface area contributed by atoms with E-state index < -0.39 is 6.04 Å². The standard InChI is InChI=1S/C14H22N2O2/c1-5-9(2)13(15)14(17)16-12-7-6-11(18-4)8-10(12)3/h6-9,13H,5,15H2,1-4H3,(H,16,17)/t9?,13-/m0/s1. The minimum absolute atomic E-state index is 0.141. The SMILES string of the molecule is CCC(C)[C@H](N)C(=O)Nc1ccc(OC)cc1C. The monoisotopic (exact) mass is 250 g/mol. The van der Waals surface area contributed by atoms with Crippen LogP contribution in [0.2, 0.25) is 0 Å². The smallest absolute Gasteiger partial charge is 0.241 e. The van der Waals surface area contributed by atoms with Crippen LogP contribution in [0.5, 0.6) is 5.75 Å². The average molecular weight is 250 g/mol. The molecule has 0 spiro atoms. The third kappa shape index (κ3) is 3.47. The van der Waals surface area contributed by atoms with Gasteiger partial charge < -0.3 is 15.8 Å². The molecule has 1 unspecified atom stereocenters. The van der Waals surface area contributed by atoms with E-state index in [4.69, 9.17) is 10.5 Å². The molecule has 1 aromatic carbocycles. The van der Waals surface area contributed by atoms with E-state index >= 15 is 0 Å². The topological polar surface area (TPSA) is 64.4 Å². The number of nitrogens with one attached hydrogen (secondary N) is 1. The number of methoxy groups -OCH3 is 1. The molecule has 0 saturated carbocycles. The first kappa shape index (κ1) is 14.5. The Kier molecular flexibility index (Phi) is 5.16. The van der Waals surface area contributed by atoms with Gasteiger partial charge in [0, 0.05) is 5.69 Å². The molecule has 0 saturated heterocycles. The molecular formula is C14H22N2O2. The number of carbonyl (C=O) groups is 1. The van der Waals surface area contributed by atoms with E-state index in [1.807, 2.05) is 39.0 Å². The summed E-state index contributed by atoms with van der Waals surface area (Å²) in [6, 6.07) is 5.05. The van der Waals surface area contributed by atoms with Crippen molar-refractivity contribution in [2.24, 2.45) is 11.7 Å². The Hall–Kier alpha value is -1.55. The van der Waals surface area contributed by atoms with E-state index in [9.17, 15) is 4.79 Å². The Morgan fingerprint density at radius 1 is 1.50 bits per heavy atom. The second-order valence-electron chi connectivity index (χ2n) is 4.58. The fourth-order valence-electron chi connectivity index (χ4n) is 1.63. The highest BCUT2D eigenvalue weighted by molar-refractivity contribution is 5.95. The molecule has 1 aromatic rings. The van der Waals surface area contributed by atoms with E-state index in [-0.39, 0.29) is 11.8 Å². The zero-order valence-corrected chi connectivity index (χ0v) is 11.5. The highest BCUT2D eigenvalue weighted by Crippen LogP contribution is 2.21. The molecule has 0 radical (unpaired) electrons. The van der Waals surface area contributed by atoms with Crippen LogP contribution < -0.4 is 15.8 Å². The van der Waals surface area contributed by atoms with Crippen molar-refractivity contribution in [2.45, 2.75) is 33.2 Å². The second kappa shape index (κ2) is 6.40. The van der Waals surface area contributed by atoms with Gasteiger partial charge in [0.25, 0.3) is 0 Å². The molecule has 0 heterocycles. The Labute approximate surface area is 109 Å². The van der Waals surface area contributed by atoms with Gasteiger partial charge in [-0.2, -0.15) is 0 Å². The minimum Gasteiger partial charge on any atom is -0.497 e. The van der Waals surface area contributed by atoms with Gasteiger partial charge in [0.2, 0.25) is 5.91 Å². The van der Waals surface area contributed by atoms with Gasteiger partial charge >= 0.3 is 0 Å². The first-order valence-corrected chi connectivity index (χ1v) is 6.20. The van der Waals surface area contributed by atoms with Crippen LogP contribution in [0.1, 0.15) is 25.8 Å². The van der Waals surface area contributed by atoms with Gasteiger partial charge in [-0.3, -0.25) is 4.79 Å². The van der Waals surface area contributed by atoms with E-state index in [0.717, 1.165) is 23.4 Å².